The van der Waals surface area contributed by atoms with Gasteiger partial charge in [0.2, 0.25) is 5.91 Å². The summed E-state index contributed by atoms with van der Waals surface area (Å²) in [6.45, 7) is 4.47. The fourth-order valence-corrected chi connectivity index (χ4v) is 2.31. The molecule has 1 saturated heterocycles. The van der Waals surface area contributed by atoms with Crippen LogP contribution in [0.3, 0.4) is 0 Å². The molecule has 1 atom stereocenters. The Morgan fingerprint density at radius 3 is 2.83 bits per heavy atom. The predicted molar refractivity (Wildman–Crippen MR) is 69.8 cm³/mol. The van der Waals surface area contributed by atoms with Gasteiger partial charge in [-0.2, -0.15) is 0 Å². The van der Waals surface area contributed by atoms with E-state index in [1.165, 1.54) is 6.20 Å². The van der Waals surface area contributed by atoms with Gasteiger partial charge in [0.15, 0.2) is 0 Å². The van der Waals surface area contributed by atoms with Crippen LogP contribution in [0.25, 0.3) is 0 Å². The molecule has 0 spiro atoms. The first kappa shape index (κ1) is 14.9. The molecule has 102 valence electrons. The van der Waals surface area contributed by atoms with Crippen LogP contribution in [0.2, 0.25) is 0 Å². The Hall–Kier alpha value is -1.16. The van der Waals surface area contributed by atoms with E-state index >= 15 is 0 Å². The summed E-state index contributed by atoms with van der Waals surface area (Å²) in [7, 11) is 0. The number of Topliss-reactive ketones (excluding diaryl/α,β-unsaturated/α-hetero) is 1. The van der Waals surface area contributed by atoms with Crippen molar-refractivity contribution >= 4 is 11.7 Å². The van der Waals surface area contributed by atoms with Gasteiger partial charge in [0.25, 0.3) is 0 Å². The number of ketones is 1. The van der Waals surface area contributed by atoms with Gasteiger partial charge in [0, 0.05) is 19.6 Å². The molecule has 0 aliphatic carbocycles. The summed E-state index contributed by atoms with van der Waals surface area (Å²) in [5.41, 5.74) is 0. The lowest BCUT2D eigenvalue weighted by atomic mass is 9.94. The molecule has 1 fully saturated rings. The highest BCUT2D eigenvalue weighted by Gasteiger charge is 2.30. The zero-order valence-electron chi connectivity index (χ0n) is 10.9. The Kier molecular flexibility index (Phi) is 6.65. The molecule has 0 bridgehead atoms. The summed E-state index contributed by atoms with van der Waals surface area (Å²) in [6, 6.07) is 0. The maximum absolute atomic E-state index is 12.1. The van der Waals surface area contributed by atoms with Crippen LogP contribution in [0.1, 0.15) is 44.9 Å². The highest BCUT2D eigenvalue weighted by molar-refractivity contribution is 6.01. The molecule has 0 aromatic carbocycles. The molecule has 0 aromatic rings. The van der Waals surface area contributed by atoms with Crippen LogP contribution in [-0.2, 0) is 9.59 Å². The molecular weight excluding hydrogens is 230 g/mol. The minimum Gasteiger partial charge on any atom is -0.396 e. The Morgan fingerprint density at radius 1 is 1.39 bits per heavy atom. The minimum absolute atomic E-state index is 0.0479. The molecule has 1 rings (SSSR count). The molecule has 1 aliphatic rings. The number of amides is 1. The maximum atomic E-state index is 12.1. The minimum atomic E-state index is -0.473. The molecule has 1 aliphatic heterocycles. The molecule has 0 radical (unpaired) electrons. The normalized spacial score (nSPS) is 20.6. The smallest absolute Gasteiger partial charge is 0.237 e. The fraction of sp³-hybridized carbons (Fsp3) is 0.714. The van der Waals surface area contributed by atoms with E-state index in [1.54, 1.807) is 4.90 Å². The highest BCUT2D eigenvalue weighted by Crippen LogP contribution is 2.21. The Morgan fingerprint density at radius 2 is 2.17 bits per heavy atom. The molecule has 4 heteroatoms. The zero-order valence-corrected chi connectivity index (χ0v) is 10.9. The third kappa shape index (κ3) is 4.26. The Bertz CT molecular complexity index is 301. The van der Waals surface area contributed by atoms with Crippen LogP contribution < -0.4 is 0 Å². The number of likely N-dealkylation sites (tertiary alicyclic amines) is 1. The van der Waals surface area contributed by atoms with E-state index < -0.39 is 5.92 Å². The third-order valence-corrected chi connectivity index (χ3v) is 3.41. The van der Waals surface area contributed by atoms with Crippen LogP contribution in [-0.4, -0.2) is 34.8 Å². The number of nitrogens with zero attached hydrogens (tertiary/aromatic N) is 1. The van der Waals surface area contributed by atoms with Gasteiger partial charge in [-0.25, -0.2) is 0 Å². The van der Waals surface area contributed by atoms with Crippen molar-refractivity contribution in [2.75, 3.05) is 13.2 Å². The van der Waals surface area contributed by atoms with E-state index in [9.17, 15) is 9.59 Å². The van der Waals surface area contributed by atoms with E-state index in [0.29, 0.717) is 19.4 Å². The first-order chi connectivity index (χ1) is 8.70. The highest BCUT2D eigenvalue weighted by atomic mass is 16.3. The van der Waals surface area contributed by atoms with Crippen LogP contribution in [0.15, 0.2) is 12.8 Å². The van der Waals surface area contributed by atoms with Gasteiger partial charge in [-0.15, -0.1) is 0 Å². The fourth-order valence-electron chi connectivity index (χ4n) is 2.31. The van der Waals surface area contributed by atoms with Gasteiger partial charge in [-0.3, -0.25) is 9.59 Å². The molecule has 0 saturated carbocycles. The number of carbonyl (C=O) groups excluding carboxylic acids is 2. The lowest BCUT2D eigenvalue weighted by molar-refractivity contribution is -0.139. The topological polar surface area (TPSA) is 57.6 Å². The van der Waals surface area contributed by atoms with Crippen molar-refractivity contribution in [3.63, 3.8) is 0 Å². The van der Waals surface area contributed by atoms with Crippen LogP contribution in [0, 0.1) is 5.92 Å². The van der Waals surface area contributed by atoms with Gasteiger partial charge in [0.1, 0.15) is 5.78 Å². The summed E-state index contributed by atoms with van der Waals surface area (Å²) in [5.74, 6) is -0.513. The summed E-state index contributed by atoms with van der Waals surface area (Å²) < 4.78 is 0. The van der Waals surface area contributed by atoms with E-state index in [-0.39, 0.29) is 18.3 Å². The average Bonchev–Trinajstić information content (AvgIpc) is 2.56. The molecule has 18 heavy (non-hydrogen) atoms. The van der Waals surface area contributed by atoms with Crippen molar-refractivity contribution in [1.29, 1.82) is 0 Å². The molecular formula is C14H23NO3. The lowest BCUT2D eigenvalue weighted by Crippen LogP contribution is -2.34. The number of carbonyl (C=O) groups is 2. The first-order valence-corrected chi connectivity index (χ1v) is 6.77. The average molecular weight is 253 g/mol. The van der Waals surface area contributed by atoms with Gasteiger partial charge in [-0.05, 0) is 31.9 Å². The van der Waals surface area contributed by atoms with Crippen molar-refractivity contribution in [3.8, 4) is 0 Å². The molecule has 1 unspecified atom stereocenters. The third-order valence-electron chi connectivity index (χ3n) is 3.41. The van der Waals surface area contributed by atoms with Crippen molar-refractivity contribution in [3.05, 3.63) is 12.8 Å². The van der Waals surface area contributed by atoms with Gasteiger partial charge >= 0.3 is 0 Å². The molecule has 1 amide bonds. The molecule has 1 N–H and O–H groups in total. The van der Waals surface area contributed by atoms with Gasteiger partial charge in [-0.1, -0.05) is 19.4 Å². The van der Waals surface area contributed by atoms with Crippen molar-refractivity contribution in [1.82, 2.24) is 4.90 Å². The largest absolute Gasteiger partial charge is 0.396 e. The van der Waals surface area contributed by atoms with E-state index in [2.05, 4.69) is 6.58 Å². The molecule has 0 aromatic heterocycles. The molecule has 4 nitrogen and oxygen atoms in total. The lowest BCUT2D eigenvalue weighted by Gasteiger charge is -2.19. The predicted octanol–water partition coefficient (Wildman–Crippen LogP) is 1.88. The summed E-state index contributed by atoms with van der Waals surface area (Å²) in [6.07, 6.45) is 6.83. The first-order valence-electron chi connectivity index (χ1n) is 6.77. The summed E-state index contributed by atoms with van der Waals surface area (Å²) in [5, 5.41) is 8.67. The maximum Gasteiger partial charge on any atom is 0.237 e. The Balaban J connectivity index is 2.48. The second-order valence-corrected chi connectivity index (χ2v) is 4.76. The second kappa shape index (κ2) is 8.03. The second-order valence-electron chi connectivity index (χ2n) is 4.76. The summed E-state index contributed by atoms with van der Waals surface area (Å²) >= 11 is 0. The van der Waals surface area contributed by atoms with Gasteiger partial charge in [0.05, 0.1) is 5.92 Å². The van der Waals surface area contributed by atoms with Crippen molar-refractivity contribution in [2.24, 2.45) is 5.92 Å². The van der Waals surface area contributed by atoms with Crippen molar-refractivity contribution in [2.45, 2.75) is 44.9 Å². The SMILES string of the molecule is C=CN1CCCCC(C(=O)CCCCCO)C1=O. The quantitative estimate of drug-likeness (QED) is 0.556. The number of hydrogen-bond donors (Lipinski definition) is 1. The Labute approximate surface area is 109 Å². The number of aliphatic hydroxyl groups excluding tert-OH is 1. The van der Waals surface area contributed by atoms with Gasteiger partial charge < -0.3 is 10.0 Å². The van der Waals surface area contributed by atoms with E-state index in [0.717, 1.165) is 32.1 Å². The monoisotopic (exact) mass is 253 g/mol. The zero-order chi connectivity index (χ0) is 13.4. The number of hydrogen-bond acceptors (Lipinski definition) is 3. The van der Waals surface area contributed by atoms with Crippen LogP contribution in [0.5, 0.6) is 0 Å². The summed E-state index contributed by atoms with van der Waals surface area (Å²) in [4.78, 5) is 25.7. The number of rotatable bonds is 7. The molecule has 1 heterocycles. The van der Waals surface area contributed by atoms with E-state index in [1.807, 2.05) is 0 Å². The standard InChI is InChI=1S/C14H23NO3/c1-2-15-10-6-5-8-12(14(15)18)13(17)9-4-3-7-11-16/h2,12,16H,1,3-11H2. The number of unbranched alkanes of at least 4 members (excludes halogenated alkanes) is 2. The van der Waals surface area contributed by atoms with Crippen molar-refractivity contribution < 1.29 is 14.7 Å². The van der Waals surface area contributed by atoms with Crippen LogP contribution >= 0.6 is 0 Å². The van der Waals surface area contributed by atoms with E-state index in [4.69, 9.17) is 5.11 Å². The number of aliphatic hydroxyl groups is 1. The van der Waals surface area contributed by atoms with Crippen LogP contribution in [0.4, 0.5) is 0 Å².